The number of fused-ring (bicyclic) bond motifs is 1. The van der Waals surface area contributed by atoms with Gasteiger partial charge in [0.2, 0.25) is 0 Å². The van der Waals surface area contributed by atoms with Gasteiger partial charge in [0, 0.05) is 11.1 Å². The lowest BCUT2D eigenvalue weighted by molar-refractivity contribution is 0.0873. The van der Waals surface area contributed by atoms with Crippen LogP contribution in [-0.4, -0.2) is 23.0 Å². The molecule has 3 nitrogen and oxygen atoms in total. The number of ketones is 2. The van der Waals surface area contributed by atoms with Crippen molar-refractivity contribution >= 4 is 23.2 Å². The number of halogens is 1. The Morgan fingerprint density at radius 2 is 1.57 bits per heavy atom. The van der Waals surface area contributed by atoms with Crippen LogP contribution in [0, 0.1) is 0 Å². The van der Waals surface area contributed by atoms with Crippen molar-refractivity contribution in [1.29, 1.82) is 0 Å². The third kappa shape index (κ3) is 1.17. The molecular formula is C10H8ClNO2. The zero-order chi connectivity index (χ0) is 10.3. The number of hydrogen-bond donors (Lipinski definition) is 1. The Hall–Kier alpha value is -1.19. The van der Waals surface area contributed by atoms with Crippen molar-refractivity contribution in [2.75, 3.05) is 0 Å². The quantitative estimate of drug-likeness (QED) is 0.649. The van der Waals surface area contributed by atoms with Crippen LogP contribution in [0.3, 0.4) is 0 Å². The Morgan fingerprint density at radius 1 is 1.07 bits per heavy atom. The van der Waals surface area contributed by atoms with Crippen molar-refractivity contribution in [2.45, 2.75) is 11.4 Å². The highest BCUT2D eigenvalue weighted by molar-refractivity contribution is 6.39. The maximum absolute atomic E-state index is 11.6. The molecule has 0 amide bonds. The van der Waals surface area contributed by atoms with Crippen molar-refractivity contribution in [3.05, 3.63) is 35.4 Å². The molecule has 2 rings (SSSR count). The van der Waals surface area contributed by atoms with Gasteiger partial charge in [0.15, 0.2) is 11.6 Å². The first kappa shape index (κ1) is 9.37. The van der Waals surface area contributed by atoms with Crippen LogP contribution < -0.4 is 5.73 Å². The van der Waals surface area contributed by atoms with Crippen LogP contribution in [0.25, 0.3) is 0 Å². The molecule has 0 aliphatic heterocycles. The normalized spacial score (nSPS) is 26.1. The van der Waals surface area contributed by atoms with E-state index < -0.39 is 11.4 Å². The summed E-state index contributed by atoms with van der Waals surface area (Å²) >= 11 is 5.74. The average molecular weight is 210 g/mol. The molecule has 0 fully saturated rings. The van der Waals surface area contributed by atoms with E-state index in [1.54, 1.807) is 24.3 Å². The van der Waals surface area contributed by atoms with Crippen molar-refractivity contribution in [3.8, 4) is 0 Å². The Morgan fingerprint density at radius 3 is 2.14 bits per heavy atom. The SMILES string of the molecule is NC1C(=O)c2ccccc2C(=O)C1Cl. The molecular weight excluding hydrogens is 202 g/mol. The summed E-state index contributed by atoms with van der Waals surface area (Å²) < 4.78 is 0. The first-order chi connectivity index (χ1) is 6.63. The van der Waals surface area contributed by atoms with E-state index in [1.807, 2.05) is 0 Å². The maximum atomic E-state index is 11.6. The summed E-state index contributed by atoms with van der Waals surface area (Å²) in [6.07, 6.45) is 0. The van der Waals surface area contributed by atoms with E-state index in [0.29, 0.717) is 11.1 Å². The van der Waals surface area contributed by atoms with Gasteiger partial charge >= 0.3 is 0 Å². The first-order valence-corrected chi connectivity index (χ1v) is 4.63. The molecule has 2 unspecified atom stereocenters. The number of hydrogen-bond acceptors (Lipinski definition) is 3. The van der Waals surface area contributed by atoms with E-state index in [0.717, 1.165) is 0 Å². The second kappa shape index (κ2) is 3.19. The summed E-state index contributed by atoms with van der Waals surface area (Å²) in [6.45, 7) is 0. The van der Waals surface area contributed by atoms with Gasteiger partial charge in [0.25, 0.3) is 0 Å². The van der Waals surface area contributed by atoms with Crippen LogP contribution in [-0.2, 0) is 0 Å². The topological polar surface area (TPSA) is 60.2 Å². The Bertz CT molecular complexity index is 377. The Labute approximate surface area is 85.9 Å². The van der Waals surface area contributed by atoms with E-state index in [2.05, 4.69) is 0 Å². The molecule has 0 bridgehead atoms. The van der Waals surface area contributed by atoms with Crippen molar-refractivity contribution in [1.82, 2.24) is 0 Å². The molecule has 1 aliphatic carbocycles. The third-order valence-corrected chi connectivity index (χ3v) is 2.80. The molecule has 14 heavy (non-hydrogen) atoms. The zero-order valence-electron chi connectivity index (χ0n) is 7.24. The largest absolute Gasteiger partial charge is 0.320 e. The molecule has 2 atom stereocenters. The molecule has 1 aromatic carbocycles. The lowest BCUT2D eigenvalue weighted by Gasteiger charge is -2.23. The number of benzene rings is 1. The maximum Gasteiger partial charge on any atom is 0.183 e. The first-order valence-electron chi connectivity index (χ1n) is 4.20. The summed E-state index contributed by atoms with van der Waals surface area (Å²) in [5, 5.41) is -0.933. The number of alkyl halides is 1. The third-order valence-electron chi connectivity index (χ3n) is 2.33. The van der Waals surface area contributed by atoms with E-state index in [1.165, 1.54) is 0 Å². The minimum absolute atomic E-state index is 0.264. The highest BCUT2D eigenvalue weighted by Crippen LogP contribution is 2.23. The van der Waals surface area contributed by atoms with Gasteiger partial charge in [-0.25, -0.2) is 0 Å². The van der Waals surface area contributed by atoms with Crippen LogP contribution in [0.2, 0.25) is 0 Å². The van der Waals surface area contributed by atoms with Gasteiger partial charge in [-0.15, -0.1) is 11.6 Å². The van der Waals surface area contributed by atoms with Gasteiger partial charge in [-0.1, -0.05) is 24.3 Å². The van der Waals surface area contributed by atoms with Crippen molar-refractivity contribution < 1.29 is 9.59 Å². The molecule has 0 radical (unpaired) electrons. The number of rotatable bonds is 0. The summed E-state index contributed by atoms with van der Waals surface area (Å²) in [4.78, 5) is 23.2. The van der Waals surface area contributed by atoms with Crippen LogP contribution in [0.5, 0.6) is 0 Å². The fraction of sp³-hybridized carbons (Fsp3) is 0.200. The summed E-state index contributed by atoms with van der Waals surface area (Å²) in [5.41, 5.74) is 6.28. The van der Waals surface area contributed by atoms with Crippen LogP contribution in [0.4, 0.5) is 0 Å². The smallest absolute Gasteiger partial charge is 0.183 e. The summed E-state index contributed by atoms with van der Waals surface area (Å²) in [6, 6.07) is 5.67. The molecule has 0 saturated heterocycles. The van der Waals surface area contributed by atoms with Gasteiger partial charge in [-0.05, 0) is 0 Å². The van der Waals surface area contributed by atoms with Gasteiger partial charge < -0.3 is 5.73 Å². The molecule has 0 spiro atoms. The standard InChI is InChI=1S/C10H8ClNO2/c11-7-8(12)10(14)6-4-2-1-3-5(6)9(7)13/h1-4,7-8H,12H2. The molecule has 1 aliphatic rings. The predicted octanol–water partition coefficient (Wildman–Crippen LogP) is 1.00. The number of Topliss-reactive ketones (excluding diaryl/α,β-unsaturated/α-hetero) is 2. The monoisotopic (exact) mass is 209 g/mol. The highest BCUT2D eigenvalue weighted by Gasteiger charge is 2.37. The van der Waals surface area contributed by atoms with Crippen molar-refractivity contribution in [2.24, 2.45) is 5.73 Å². The minimum Gasteiger partial charge on any atom is -0.320 e. The van der Waals surface area contributed by atoms with Gasteiger partial charge in [0.1, 0.15) is 5.38 Å². The minimum atomic E-state index is -0.933. The average Bonchev–Trinajstić information content (AvgIpc) is 2.23. The number of nitrogens with two attached hydrogens (primary N) is 1. The fourth-order valence-electron chi connectivity index (χ4n) is 1.54. The van der Waals surface area contributed by atoms with Crippen LogP contribution >= 0.6 is 11.6 Å². The Balaban J connectivity index is 2.62. The van der Waals surface area contributed by atoms with E-state index in [-0.39, 0.29) is 11.6 Å². The lowest BCUT2D eigenvalue weighted by atomic mass is 9.86. The zero-order valence-corrected chi connectivity index (χ0v) is 7.99. The summed E-state index contributed by atoms with van der Waals surface area (Å²) in [5.74, 6) is -0.533. The van der Waals surface area contributed by atoms with E-state index in [4.69, 9.17) is 17.3 Å². The number of carbonyl (C=O) groups is 2. The van der Waals surface area contributed by atoms with Gasteiger partial charge in [-0.2, -0.15) is 0 Å². The predicted molar refractivity (Wildman–Crippen MR) is 52.7 cm³/mol. The van der Waals surface area contributed by atoms with Crippen LogP contribution in [0.1, 0.15) is 20.7 Å². The summed E-state index contributed by atoms with van der Waals surface area (Å²) in [7, 11) is 0. The molecule has 0 saturated carbocycles. The van der Waals surface area contributed by atoms with Gasteiger partial charge in [-0.3, -0.25) is 9.59 Å². The molecule has 72 valence electrons. The fourth-order valence-corrected chi connectivity index (χ4v) is 1.77. The van der Waals surface area contributed by atoms with Crippen LogP contribution in [0.15, 0.2) is 24.3 Å². The van der Waals surface area contributed by atoms with E-state index in [9.17, 15) is 9.59 Å². The van der Waals surface area contributed by atoms with Gasteiger partial charge in [0.05, 0.1) is 6.04 Å². The van der Waals surface area contributed by atoms with Crippen molar-refractivity contribution in [3.63, 3.8) is 0 Å². The molecule has 0 heterocycles. The second-order valence-electron chi connectivity index (χ2n) is 3.20. The molecule has 2 N–H and O–H groups in total. The molecule has 0 aromatic heterocycles. The highest BCUT2D eigenvalue weighted by atomic mass is 35.5. The molecule has 1 aromatic rings. The molecule has 4 heteroatoms. The number of carbonyl (C=O) groups excluding carboxylic acids is 2. The lowest BCUT2D eigenvalue weighted by Crippen LogP contribution is -2.47. The van der Waals surface area contributed by atoms with E-state index >= 15 is 0 Å². The second-order valence-corrected chi connectivity index (χ2v) is 3.67. The Kier molecular flexibility index (Phi) is 2.13.